The number of likely N-dealkylation sites (tertiary alicyclic amines) is 1. The van der Waals surface area contributed by atoms with Gasteiger partial charge in [0, 0.05) is 18.2 Å². The van der Waals surface area contributed by atoms with Crippen LogP contribution in [0, 0.1) is 11.7 Å². The summed E-state index contributed by atoms with van der Waals surface area (Å²) in [4.78, 5) is 2.20. The van der Waals surface area contributed by atoms with E-state index in [0.717, 1.165) is 42.7 Å². The Labute approximate surface area is 113 Å². The van der Waals surface area contributed by atoms with E-state index in [1.807, 2.05) is 13.1 Å². The largest absolute Gasteiger partial charge is 0.493 e. The lowest BCUT2D eigenvalue weighted by atomic mass is 9.94. The van der Waals surface area contributed by atoms with E-state index in [1.54, 1.807) is 6.07 Å². The molecule has 2 aliphatic heterocycles. The summed E-state index contributed by atoms with van der Waals surface area (Å²) in [7, 11) is 2.04. The fourth-order valence-corrected chi connectivity index (χ4v) is 3.35. The summed E-state index contributed by atoms with van der Waals surface area (Å²) in [5.74, 6) is 1.10. The van der Waals surface area contributed by atoms with E-state index in [-0.39, 0.29) is 11.9 Å². The van der Waals surface area contributed by atoms with Gasteiger partial charge in [-0.15, -0.1) is 0 Å². The minimum absolute atomic E-state index is 0.0987. The molecular weight excluding hydrogens is 243 g/mol. The lowest BCUT2D eigenvalue weighted by Crippen LogP contribution is -2.22. The second-order valence-corrected chi connectivity index (χ2v) is 5.69. The number of aryl methyl sites for hydroxylation is 1. The van der Waals surface area contributed by atoms with E-state index in [1.165, 1.54) is 0 Å². The van der Waals surface area contributed by atoms with Gasteiger partial charge in [-0.3, -0.25) is 4.90 Å². The van der Waals surface area contributed by atoms with Crippen molar-refractivity contribution in [3.63, 3.8) is 0 Å². The first-order valence-corrected chi connectivity index (χ1v) is 7.05. The maximum absolute atomic E-state index is 14.3. The second-order valence-electron chi connectivity index (χ2n) is 5.69. The van der Waals surface area contributed by atoms with Crippen LogP contribution in [0.25, 0.3) is 0 Å². The van der Waals surface area contributed by atoms with Gasteiger partial charge in [-0.05, 0) is 50.4 Å². The summed E-state index contributed by atoms with van der Waals surface area (Å²) in [5.41, 5.74) is 7.65. The van der Waals surface area contributed by atoms with E-state index >= 15 is 0 Å². The first kappa shape index (κ1) is 12.9. The monoisotopic (exact) mass is 264 g/mol. The molecule has 3 rings (SSSR count). The fourth-order valence-electron chi connectivity index (χ4n) is 3.35. The Morgan fingerprint density at radius 2 is 2.32 bits per heavy atom. The van der Waals surface area contributed by atoms with Gasteiger partial charge in [0.05, 0.1) is 6.61 Å². The highest BCUT2D eigenvalue weighted by Crippen LogP contribution is 2.42. The Kier molecular flexibility index (Phi) is 3.46. The Morgan fingerprint density at radius 3 is 3.05 bits per heavy atom. The van der Waals surface area contributed by atoms with Crippen molar-refractivity contribution in [2.45, 2.75) is 25.3 Å². The molecule has 0 amide bonds. The van der Waals surface area contributed by atoms with Gasteiger partial charge in [0.1, 0.15) is 11.6 Å². The number of hydrogen-bond acceptors (Lipinski definition) is 3. The summed E-state index contributed by atoms with van der Waals surface area (Å²) in [6, 6.07) is 3.55. The molecule has 1 aromatic rings. The van der Waals surface area contributed by atoms with Crippen LogP contribution >= 0.6 is 0 Å². The average molecular weight is 264 g/mol. The fraction of sp³-hybridized carbons (Fsp3) is 0.600. The molecule has 1 aromatic carbocycles. The van der Waals surface area contributed by atoms with E-state index in [0.29, 0.717) is 19.1 Å². The van der Waals surface area contributed by atoms with E-state index in [2.05, 4.69) is 4.90 Å². The van der Waals surface area contributed by atoms with Gasteiger partial charge in [0.15, 0.2) is 0 Å². The first-order valence-electron chi connectivity index (χ1n) is 7.05. The lowest BCUT2D eigenvalue weighted by molar-refractivity contribution is 0.259. The van der Waals surface area contributed by atoms with Crippen molar-refractivity contribution in [2.24, 2.45) is 11.7 Å². The molecule has 3 nitrogen and oxygen atoms in total. The van der Waals surface area contributed by atoms with Gasteiger partial charge in [-0.25, -0.2) is 4.39 Å². The number of fused-ring (bicyclic) bond motifs is 1. The molecule has 19 heavy (non-hydrogen) atoms. The molecule has 2 heterocycles. The van der Waals surface area contributed by atoms with Crippen molar-refractivity contribution >= 4 is 0 Å². The van der Waals surface area contributed by atoms with Gasteiger partial charge in [0.2, 0.25) is 0 Å². The van der Waals surface area contributed by atoms with Crippen LogP contribution in [0.15, 0.2) is 12.1 Å². The van der Waals surface area contributed by atoms with E-state index in [9.17, 15) is 4.39 Å². The van der Waals surface area contributed by atoms with Crippen LogP contribution < -0.4 is 10.5 Å². The molecule has 0 aromatic heterocycles. The van der Waals surface area contributed by atoms with E-state index < -0.39 is 0 Å². The Balaban J connectivity index is 2.00. The van der Waals surface area contributed by atoms with Gasteiger partial charge < -0.3 is 10.5 Å². The van der Waals surface area contributed by atoms with Crippen molar-refractivity contribution < 1.29 is 9.13 Å². The lowest BCUT2D eigenvalue weighted by Gasteiger charge is -2.27. The number of nitrogens with zero attached hydrogens (tertiary/aromatic N) is 1. The summed E-state index contributed by atoms with van der Waals surface area (Å²) >= 11 is 0. The van der Waals surface area contributed by atoms with Crippen molar-refractivity contribution in [1.29, 1.82) is 0 Å². The highest BCUT2D eigenvalue weighted by molar-refractivity contribution is 5.45. The summed E-state index contributed by atoms with van der Waals surface area (Å²) < 4.78 is 20.1. The quantitative estimate of drug-likeness (QED) is 0.889. The van der Waals surface area contributed by atoms with Crippen LogP contribution in [0.1, 0.15) is 30.0 Å². The average Bonchev–Trinajstić information content (AvgIpc) is 2.80. The smallest absolute Gasteiger partial charge is 0.131 e. The normalized spacial score (nSPS) is 27.1. The minimum Gasteiger partial charge on any atom is -0.493 e. The predicted octanol–water partition coefficient (Wildman–Crippen LogP) is 2.10. The number of rotatable bonds is 2. The van der Waals surface area contributed by atoms with Crippen LogP contribution in [0.5, 0.6) is 5.75 Å². The number of hydrogen-bond donors (Lipinski definition) is 1. The molecule has 2 atom stereocenters. The topological polar surface area (TPSA) is 38.5 Å². The van der Waals surface area contributed by atoms with Crippen molar-refractivity contribution in [3.8, 4) is 5.75 Å². The van der Waals surface area contributed by atoms with Gasteiger partial charge in [0.25, 0.3) is 0 Å². The Bertz CT molecular complexity index is 477. The Morgan fingerprint density at radius 1 is 1.47 bits per heavy atom. The molecule has 2 aliphatic rings. The van der Waals surface area contributed by atoms with Crippen LogP contribution in [-0.2, 0) is 6.42 Å². The number of benzene rings is 1. The standard InChI is InChI=1S/C15H21FN2O/c1-18-9-10(8-17)7-13(18)14-12(16)5-4-11-3-2-6-19-15(11)14/h4-5,10,13H,2-3,6-9,17H2,1H3. The van der Waals surface area contributed by atoms with Crippen LogP contribution in [-0.4, -0.2) is 31.6 Å². The zero-order chi connectivity index (χ0) is 13.4. The first-order chi connectivity index (χ1) is 9.20. The molecule has 0 bridgehead atoms. The minimum atomic E-state index is -0.143. The zero-order valence-corrected chi connectivity index (χ0v) is 11.4. The van der Waals surface area contributed by atoms with E-state index in [4.69, 9.17) is 10.5 Å². The van der Waals surface area contributed by atoms with Crippen molar-refractivity contribution in [1.82, 2.24) is 4.90 Å². The molecule has 0 saturated carbocycles. The molecule has 0 aliphatic carbocycles. The maximum Gasteiger partial charge on any atom is 0.131 e. The molecule has 1 saturated heterocycles. The molecule has 104 valence electrons. The highest BCUT2D eigenvalue weighted by Gasteiger charge is 2.34. The maximum atomic E-state index is 14.3. The van der Waals surface area contributed by atoms with Gasteiger partial charge >= 0.3 is 0 Å². The van der Waals surface area contributed by atoms with Gasteiger partial charge in [-0.1, -0.05) is 6.07 Å². The summed E-state index contributed by atoms with van der Waals surface area (Å²) in [5, 5.41) is 0. The third-order valence-corrected chi connectivity index (χ3v) is 4.36. The van der Waals surface area contributed by atoms with Crippen LogP contribution in [0.3, 0.4) is 0 Å². The molecule has 2 N–H and O–H groups in total. The SMILES string of the molecule is CN1CC(CN)CC1c1c(F)ccc2c1OCCC2. The molecular formula is C15H21FN2O. The molecule has 4 heteroatoms. The van der Waals surface area contributed by atoms with Crippen LogP contribution in [0.4, 0.5) is 4.39 Å². The molecule has 2 unspecified atom stereocenters. The summed E-state index contributed by atoms with van der Waals surface area (Å²) in [6.45, 7) is 2.29. The summed E-state index contributed by atoms with van der Waals surface area (Å²) in [6.07, 6.45) is 2.92. The number of halogens is 1. The third-order valence-electron chi connectivity index (χ3n) is 4.36. The zero-order valence-electron chi connectivity index (χ0n) is 11.4. The molecule has 0 spiro atoms. The predicted molar refractivity (Wildman–Crippen MR) is 72.7 cm³/mol. The molecule has 0 radical (unpaired) electrons. The van der Waals surface area contributed by atoms with Crippen LogP contribution in [0.2, 0.25) is 0 Å². The Hall–Kier alpha value is -1.13. The number of nitrogens with two attached hydrogens (primary N) is 1. The molecule has 1 fully saturated rings. The highest BCUT2D eigenvalue weighted by atomic mass is 19.1. The van der Waals surface area contributed by atoms with Gasteiger partial charge in [-0.2, -0.15) is 0 Å². The van der Waals surface area contributed by atoms with Crippen molar-refractivity contribution in [2.75, 3.05) is 26.7 Å². The third kappa shape index (κ3) is 2.23. The second kappa shape index (κ2) is 5.10. The van der Waals surface area contributed by atoms with Crippen molar-refractivity contribution in [3.05, 3.63) is 29.1 Å². The number of ether oxygens (including phenoxy) is 1.